The zero-order valence-electron chi connectivity index (χ0n) is 8.72. The van der Waals surface area contributed by atoms with Gasteiger partial charge in [0.05, 0.1) is 15.9 Å². The molecular weight excluding hydrogens is 237 g/mol. The molecule has 2 aromatic heterocycles. The number of nitrogens with two attached hydrogens (primary N) is 1. The molecule has 5 heteroatoms. The van der Waals surface area contributed by atoms with E-state index in [0.717, 1.165) is 15.3 Å². The van der Waals surface area contributed by atoms with Gasteiger partial charge in [-0.1, -0.05) is 0 Å². The van der Waals surface area contributed by atoms with Gasteiger partial charge in [0.15, 0.2) is 0 Å². The monoisotopic (exact) mass is 245 g/mol. The van der Waals surface area contributed by atoms with Crippen molar-refractivity contribution in [2.45, 2.75) is 0 Å². The first-order valence-corrected chi connectivity index (χ1v) is 5.81. The zero-order valence-corrected chi connectivity index (χ0v) is 9.54. The van der Waals surface area contributed by atoms with Crippen LogP contribution >= 0.6 is 11.3 Å². The zero-order chi connectivity index (χ0) is 11.8. The summed E-state index contributed by atoms with van der Waals surface area (Å²) in [5.41, 5.74) is 7.77. The summed E-state index contributed by atoms with van der Waals surface area (Å²) >= 11 is 1.49. The standard InChI is InChI=1S/C12H8FN3S/c13-8-1-2-11-10(4-8)16-12(17-11)7-3-9(14)6-15-5-7/h1-6H,14H2. The van der Waals surface area contributed by atoms with Crippen molar-refractivity contribution >= 4 is 27.2 Å². The van der Waals surface area contributed by atoms with Gasteiger partial charge in [0.1, 0.15) is 10.8 Å². The molecule has 1 aromatic carbocycles. The van der Waals surface area contributed by atoms with Crippen LogP contribution in [0.4, 0.5) is 10.1 Å². The van der Waals surface area contributed by atoms with Crippen molar-refractivity contribution in [3.05, 3.63) is 42.5 Å². The lowest BCUT2D eigenvalue weighted by atomic mass is 10.3. The third kappa shape index (κ3) is 1.85. The van der Waals surface area contributed by atoms with Crippen LogP contribution in [0.15, 0.2) is 36.7 Å². The van der Waals surface area contributed by atoms with E-state index >= 15 is 0 Å². The molecule has 0 aliphatic carbocycles. The molecule has 0 aliphatic heterocycles. The number of anilines is 1. The molecule has 2 N–H and O–H groups in total. The molecule has 3 aromatic rings. The number of pyridine rings is 1. The summed E-state index contributed by atoms with van der Waals surface area (Å²) in [6.45, 7) is 0. The maximum absolute atomic E-state index is 13.0. The van der Waals surface area contributed by atoms with Crippen LogP contribution in [0, 0.1) is 5.82 Å². The maximum Gasteiger partial charge on any atom is 0.126 e. The maximum atomic E-state index is 13.0. The highest BCUT2D eigenvalue weighted by Gasteiger charge is 2.07. The third-order valence-electron chi connectivity index (χ3n) is 2.36. The second-order valence-electron chi connectivity index (χ2n) is 3.64. The van der Waals surface area contributed by atoms with Gasteiger partial charge in [-0.05, 0) is 18.2 Å². The normalized spacial score (nSPS) is 10.9. The summed E-state index contributed by atoms with van der Waals surface area (Å²) in [7, 11) is 0. The Morgan fingerprint density at radius 1 is 1.18 bits per heavy atom. The van der Waals surface area contributed by atoms with Gasteiger partial charge in [-0.15, -0.1) is 11.3 Å². The number of benzene rings is 1. The lowest BCUT2D eigenvalue weighted by Crippen LogP contribution is -1.86. The Kier molecular flexibility index (Phi) is 2.26. The fraction of sp³-hybridized carbons (Fsp3) is 0. The molecular formula is C12H8FN3S. The Hall–Kier alpha value is -2.01. The Labute approximate surface area is 101 Å². The number of aromatic nitrogens is 2. The van der Waals surface area contributed by atoms with Gasteiger partial charge in [0.2, 0.25) is 0 Å². The average molecular weight is 245 g/mol. The van der Waals surface area contributed by atoms with Crippen molar-refractivity contribution in [1.29, 1.82) is 0 Å². The van der Waals surface area contributed by atoms with Crippen molar-refractivity contribution in [2.75, 3.05) is 5.73 Å². The highest BCUT2D eigenvalue weighted by molar-refractivity contribution is 7.21. The van der Waals surface area contributed by atoms with Crippen LogP contribution in [0.3, 0.4) is 0 Å². The number of hydrogen-bond donors (Lipinski definition) is 1. The van der Waals surface area contributed by atoms with E-state index in [0.29, 0.717) is 11.2 Å². The van der Waals surface area contributed by atoms with Crippen LogP contribution in [0.1, 0.15) is 0 Å². The number of hydrogen-bond acceptors (Lipinski definition) is 4. The predicted octanol–water partition coefficient (Wildman–Crippen LogP) is 3.08. The van der Waals surface area contributed by atoms with Crippen molar-refractivity contribution in [3.63, 3.8) is 0 Å². The van der Waals surface area contributed by atoms with E-state index in [1.807, 2.05) is 0 Å². The van der Waals surface area contributed by atoms with Crippen molar-refractivity contribution in [1.82, 2.24) is 9.97 Å². The molecule has 0 saturated heterocycles. The molecule has 84 valence electrons. The topological polar surface area (TPSA) is 51.8 Å². The molecule has 0 fully saturated rings. The average Bonchev–Trinajstić information content (AvgIpc) is 2.72. The van der Waals surface area contributed by atoms with Crippen molar-refractivity contribution in [3.8, 4) is 10.6 Å². The Bertz CT molecular complexity index is 693. The van der Waals surface area contributed by atoms with E-state index in [1.54, 1.807) is 24.5 Å². The van der Waals surface area contributed by atoms with Gasteiger partial charge in [0.25, 0.3) is 0 Å². The predicted molar refractivity (Wildman–Crippen MR) is 67.2 cm³/mol. The van der Waals surface area contributed by atoms with Gasteiger partial charge < -0.3 is 5.73 Å². The molecule has 0 radical (unpaired) electrons. The fourth-order valence-corrected chi connectivity index (χ4v) is 2.53. The molecule has 3 nitrogen and oxygen atoms in total. The molecule has 0 aliphatic rings. The Morgan fingerprint density at radius 2 is 2.06 bits per heavy atom. The third-order valence-corrected chi connectivity index (χ3v) is 3.44. The summed E-state index contributed by atoms with van der Waals surface area (Å²) in [4.78, 5) is 8.38. The van der Waals surface area contributed by atoms with Gasteiger partial charge in [0, 0.05) is 24.0 Å². The molecule has 0 bridgehead atoms. The minimum Gasteiger partial charge on any atom is -0.397 e. The SMILES string of the molecule is Nc1cncc(-c2nc3cc(F)ccc3s2)c1. The first-order valence-electron chi connectivity index (χ1n) is 4.99. The van der Waals surface area contributed by atoms with Gasteiger partial charge in [-0.2, -0.15) is 0 Å². The van der Waals surface area contributed by atoms with Gasteiger partial charge in [-0.3, -0.25) is 4.98 Å². The number of fused-ring (bicyclic) bond motifs is 1. The van der Waals surface area contributed by atoms with Crippen LogP contribution in [-0.2, 0) is 0 Å². The first kappa shape index (κ1) is 10.2. The quantitative estimate of drug-likeness (QED) is 0.716. The molecule has 0 atom stereocenters. The highest BCUT2D eigenvalue weighted by atomic mass is 32.1. The van der Waals surface area contributed by atoms with Gasteiger partial charge in [-0.25, -0.2) is 9.37 Å². The molecule has 2 heterocycles. The molecule has 17 heavy (non-hydrogen) atoms. The fourth-order valence-electron chi connectivity index (χ4n) is 1.60. The smallest absolute Gasteiger partial charge is 0.126 e. The number of thiazole rings is 1. The highest BCUT2D eigenvalue weighted by Crippen LogP contribution is 2.30. The minimum atomic E-state index is -0.278. The summed E-state index contributed by atoms with van der Waals surface area (Å²) in [5.74, 6) is -0.278. The van der Waals surface area contributed by atoms with Crippen LogP contribution in [0.2, 0.25) is 0 Å². The largest absolute Gasteiger partial charge is 0.397 e. The van der Waals surface area contributed by atoms with E-state index < -0.39 is 0 Å². The summed E-state index contributed by atoms with van der Waals surface area (Å²) < 4.78 is 14.0. The Balaban J connectivity index is 2.18. The number of nitrogens with zero attached hydrogens (tertiary/aromatic N) is 2. The number of rotatable bonds is 1. The van der Waals surface area contributed by atoms with E-state index in [-0.39, 0.29) is 5.82 Å². The summed E-state index contributed by atoms with van der Waals surface area (Å²) in [6.07, 6.45) is 3.28. The molecule has 0 unspecified atom stereocenters. The van der Waals surface area contributed by atoms with E-state index in [4.69, 9.17) is 5.73 Å². The van der Waals surface area contributed by atoms with Crippen molar-refractivity contribution < 1.29 is 4.39 Å². The number of nitrogen functional groups attached to an aromatic ring is 1. The van der Waals surface area contributed by atoms with E-state index in [2.05, 4.69) is 9.97 Å². The van der Waals surface area contributed by atoms with Crippen LogP contribution < -0.4 is 5.73 Å². The summed E-state index contributed by atoms with van der Waals surface area (Å²) in [5, 5.41) is 0.797. The second-order valence-corrected chi connectivity index (χ2v) is 4.67. The van der Waals surface area contributed by atoms with E-state index in [1.165, 1.54) is 23.5 Å². The Morgan fingerprint density at radius 3 is 2.88 bits per heavy atom. The van der Waals surface area contributed by atoms with Crippen LogP contribution in [0.25, 0.3) is 20.8 Å². The molecule has 3 rings (SSSR count). The second kappa shape index (κ2) is 3.78. The van der Waals surface area contributed by atoms with Gasteiger partial charge >= 0.3 is 0 Å². The van der Waals surface area contributed by atoms with Crippen LogP contribution in [-0.4, -0.2) is 9.97 Å². The minimum absolute atomic E-state index is 0.278. The van der Waals surface area contributed by atoms with E-state index in [9.17, 15) is 4.39 Å². The first-order chi connectivity index (χ1) is 8.22. The van der Waals surface area contributed by atoms with Crippen LogP contribution in [0.5, 0.6) is 0 Å². The number of halogens is 1. The molecule has 0 spiro atoms. The lowest BCUT2D eigenvalue weighted by molar-refractivity contribution is 0.629. The summed E-state index contributed by atoms with van der Waals surface area (Å²) in [6, 6.07) is 6.39. The lowest BCUT2D eigenvalue weighted by Gasteiger charge is -1.95. The molecule has 0 amide bonds. The van der Waals surface area contributed by atoms with Crippen molar-refractivity contribution in [2.24, 2.45) is 0 Å². The molecule has 0 saturated carbocycles.